The van der Waals surface area contributed by atoms with Crippen molar-refractivity contribution >= 4 is 33.6 Å². The van der Waals surface area contributed by atoms with E-state index >= 15 is 0 Å². The summed E-state index contributed by atoms with van der Waals surface area (Å²) in [5.41, 5.74) is 1.95. The predicted molar refractivity (Wildman–Crippen MR) is 147 cm³/mol. The van der Waals surface area contributed by atoms with Gasteiger partial charge in [-0.2, -0.15) is 9.97 Å². The van der Waals surface area contributed by atoms with Crippen molar-refractivity contribution in [3.05, 3.63) is 83.9 Å². The molecule has 1 aliphatic heterocycles. The van der Waals surface area contributed by atoms with E-state index in [0.717, 1.165) is 42.5 Å². The van der Waals surface area contributed by atoms with Crippen LogP contribution >= 0.6 is 0 Å². The highest BCUT2D eigenvalue weighted by atomic mass is 16.5. The van der Waals surface area contributed by atoms with Gasteiger partial charge >= 0.3 is 0 Å². The fourth-order valence-electron chi connectivity index (χ4n) is 4.75. The minimum atomic E-state index is -0.216. The number of benzene rings is 1. The number of pyridine rings is 2. The number of likely N-dealkylation sites (tertiary alicyclic amines) is 1. The van der Waals surface area contributed by atoms with Crippen molar-refractivity contribution in [1.82, 2.24) is 34.2 Å². The number of allylic oxidation sites excluding steroid dienone is 1. The Bertz CT molecular complexity index is 1680. The smallest absolute Gasteiger partial charge is 0.278 e. The molecule has 0 unspecified atom stereocenters. The Morgan fingerprint density at radius 2 is 1.97 bits per heavy atom. The molecule has 1 aliphatic rings. The third kappa shape index (κ3) is 4.61. The van der Waals surface area contributed by atoms with Crippen LogP contribution < -0.4 is 15.6 Å². The Balaban J connectivity index is 1.38. The molecule has 6 rings (SSSR count). The minimum absolute atomic E-state index is 0.112. The summed E-state index contributed by atoms with van der Waals surface area (Å²) in [6, 6.07) is 15.3. The molecule has 192 valence electrons. The van der Waals surface area contributed by atoms with Crippen LogP contribution in [0.15, 0.2) is 78.4 Å². The normalized spacial score (nSPS) is 14.7. The van der Waals surface area contributed by atoms with Gasteiger partial charge in [0.2, 0.25) is 11.8 Å². The molecule has 0 atom stereocenters. The van der Waals surface area contributed by atoms with E-state index in [-0.39, 0.29) is 18.2 Å². The zero-order valence-corrected chi connectivity index (χ0v) is 21.1. The summed E-state index contributed by atoms with van der Waals surface area (Å²) in [6.45, 7) is 6.10. The lowest BCUT2D eigenvalue weighted by Gasteiger charge is -2.29. The van der Waals surface area contributed by atoms with Crippen LogP contribution in [0.4, 0.5) is 11.6 Å². The van der Waals surface area contributed by atoms with Crippen LogP contribution in [0.3, 0.4) is 0 Å². The van der Waals surface area contributed by atoms with E-state index in [9.17, 15) is 4.79 Å². The van der Waals surface area contributed by atoms with Crippen LogP contribution in [-0.2, 0) is 6.54 Å². The predicted octanol–water partition coefficient (Wildman–Crippen LogP) is 3.93. The van der Waals surface area contributed by atoms with Crippen LogP contribution in [0, 0.1) is 0 Å². The van der Waals surface area contributed by atoms with Crippen molar-refractivity contribution in [3.8, 4) is 11.7 Å². The first-order valence-electron chi connectivity index (χ1n) is 12.6. The summed E-state index contributed by atoms with van der Waals surface area (Å²) in [6.07, 6.45) is 6.99. The molecular weight excluding hydrogens is 480 g/mol. The van der Waals surface area contributed by atoms with E-state index in [1.165, 1.54) is 0 Å². The second-order valence-corrected chi connectivity index (χ2v) is 9.41. The van der Waals surface area contributed by atoms with Crippen LogP contribution in [0.2, 0.25) is 0 Å². The summed E-state index contributed by atoms with van der Waals surface area (Å²) >= 11 is 0. The first-order chi connectivity index (χ1) is 18.6. The van der Waals surface area contributed by atoms with Crippen molar-refractivity contribution in [3.63, 3.8) is 0 Å². The molecule has 1 fully saturated rings. The standard InChI is InChI=1S/C28H28N8O2/c1-3-14-35-27(37)22-18-30-28(31-20-9-10-23-19(17-20)6-5-13-29-23)33-26(22)36(35)24-7-4-8-25(32-24)38-21-11-15-34(2)16-12-21/h3-10,13,17-18,21H,1,11-12,14-16H2,2H3,(H,30,31,33). The largest absolute Gasteiger partial charge is 0.474 e. The van der Waals surface area contributed by atoms with E-state index in [1.54, 1.807) is 27.8 Å². The number of ether oxygens (including phenoxy) is 1. The maximum Gasteiger partial charge on any atom is 0.278 e. The number of rotatable bonds is 7. The lowest BCUT2D eigenvalue weighted by molar-refractivity contribution is 0.110. The molecule has 0 radical (unpaired) electrons. The second kappa shape index (κ2) is 10.1. The van der Waals surface area contributed by atoms with Gasteiger partial charge in [-0.3, -0.25) is 9.78 Å². The zero-order valence-electron chi connectivity index (χ0n) is 21.1. The number of nitrogens with one attached hydrogen (secondary N) is 1. The van der Waals surface area contributed by atoms with Gasteiger partial charge in [0.15, 0.2) is 11.5 Å². The number of aromatic nitrogens is 6. The average Bonchev–Trinajstić information content (AvgIpc) is 3.21. The maximum absolute atomic E-state index is 13.3. The van der Waals surface area contributed by atoms with Gasteiger partial charge in [0, 0.05) is 42.6 Å². The summed E-state index contributed by atoms with van der Waals surface area (Å²) in [4.78, 5) is 33.8. The Hall–Kier alpha value is -4.57. The molecule has 0 spiro atoms. The van der Waals surface area contributed by atoms with Gasteiger partial charge in [-0.1, -0.05) is 18.2 Å². The molecule has 0 amide bonds. The van der Waals surface area contributed by atoms with Crippen LogP contribution in [0.5, 0.6) is 5.88 Å². The molecule has 10 heteroatoms. The van der Waals surface area contributed by atoms with Crippen molar-refractivity contribution in [2.75, 3.05) is 25.5 Å². The van der Waals surface area contributed by atoms with E-state index in [0.29, 0.717) is 28.7 Å². The molecule has 0 aliphatic carbocycles. The highest BCUT2D eigenvalue weighted by molar-refractivity contribution is 5.83. The second-order valence-electron chi connectivity index (χ2n) is 9.41. The van der Waals surface area contributed by atoms with Crippen LogP contribution in [-0.4, -0.2) is 60.4 Å². The van der Waals surface area contributed by atoms with Gasteiger partial charge in [-0.15, -0.1) is 6.58 Å². The van der Waals surface area contributed by atoms with Gasteiger partial charge in [0.1, 0.15) is 11.5 Å². The highest BCUT2D eigenvalue weighted by Crippen LogP contribution is 2.23. The average molecular weight is 509 g/mol. The summed E-state index contributed by atoms with van der Waals surface area (Å²) in [7, 11) is 2.12. The zero-order chi connectivity index (χ0) is 26.1. The monoisotopic (exact) mass is 508 g/mol. The lowest BCUT2D eigenvalue weighted by atomic mass is 10.1. The molecule has 0 bridgehead atoms. The molecule has 0 saturated carbocycles. The molecule has 5 aromatic rings. The third-order valence-corrected chi connectivity index (χ3v) is 6.72. The van der Waals surface area contributed by atoms with Gasteiger partial charge in [-0.05, 0) is 50.2 Å². The minimum Gasteiger partial charge on any atom is -0.474 e. The van der Waals surface area contributed by atoms with Crippen LogP contribution in [0.25, 0.3) is 27.8 Å². The summed E-state index contributed by atoms with van der Waals surface area (Å²) in [5, 5.41) is 4.64. The van der Waals surface area contributed by atoms with Crippen molar-refractivity contribution in [2.24, 2.45) is 0 Å². The van der Waals surface area contributed by atoms with Crippen molar-refractivity contribution in [2.45, 2.75) is 25.5 Å². The van der Waals surface area contributed by atoms with Crippen molar-refractivity contribution in [1.29, 1.82) is 0 Å². The maximum atomic E-state index is 13.3. The van der Waals surface area contributed by atoms with Gasteiger partial charge < -0.3 is 15.0 Å². The van der Waals surface area contributed by atoms with Crippen molar-refractivity contribution < 1.29 is 4.74 Å². The van der Waals surface area contributed by atoms with E-state index < -0.39 is 0 Å². The SMILES string of the molecule is C=CCn1c(=O)c2cnc(Nc3ccc4ncccc4c3)nc2n1-c1cccc(OC2CCN(C)CC2)n1. The quantitative estimate of drug-likeness (QED) is 0.330. The molecular formula is C28H28N8O2. The van der Waals surface area contributed by atoms with Gasteiger partial charge in [0.25, 0.3) is 5.56 Å². The Labute approximate surface area is 219 Å². The highest BCUT2D eigenvalue weighted by Gasteiger charge is 2.21. The fourth-order valence-corrected chi connectivity index (χ4v) is 4.75. The Morgan fingerprint density at radius 3 is 2.82 bits per heavy atom. The first-order valence-corrected chi connectivity index (χ1v) is 12.6. The molecule has 38 heavy (non-hydrogen) atoms. The fraction of sp³-hybridized carbons (Fsp3) is 0.250. The van der Waals surface area contributed by atoms with E-state index in [1.807, 2.05) is 48.5 Å². The molecule has 4 aromatic heterocycles. The van der Waals surface area contributed by atoms with Gasteiger partial charge in [-0.25, -0.2) is 14.3 Å². The molecule has 1 N–H and O–H groups in total. The van der Waals surface area contributed by atoms with Crippen LogP contribution in [0.1, 0.15) is 12.8 Å². The Morgan fingerprint density at radius 1 is 1.11 bits per heavy atom. The number of hydrogen-bond acceptors (Lipinski definition) is 8. The lowest BCUT2D eigenvalue weighted by Crippen LogP contribution is -2.35. The number of nitrogens with zero attached hydrogens (tertiary/aromatic N) is 7. The molecule has 10 nitrogen and oxygen atoms in total. The number of piperidine rings is 1. The van der Waals surface area contributed by atoms with E-state index in [4.69, 9.17) is 14.7 Å². The number of anilines is 2. The number of fused-ring (bicyclic) bond motifs is 2. The Kier molecular flexibility index (Phi) is 6.30. The summed E-state index contributed by atoms with van der Waals surface area (Å²) in [5.74, 6) is 1.42. The molecule has 1 saturated heterocycles. The first kappa shape index (κ1) is 23.8. The number of hydrogen-bond donors (Lipinski definition) is 1. The van der Waals surface area contributed by atoms with E-state index in [2.05, 4.69) is 33.8 Å². The molecule has 5 heterocycles. The van der Waals surface area contributed by atoms with Gasteiger partial charge in [0.05, 0.1) is 12.1 Å². The topological polar surface area (TPSA) is 103 Å². The molecule has 1 aromatic carbocycles. The summed E-state index contributed by atoms with van der Waals surface area (Å²) < 4.78 is 9.47. The third-order valence-electron chi connectivity index (χ3n) is 6.72.